The molecule has 0 atom stereocenters. The van der Waals surface area contributed by atoms with E-state index >= 15 is 0 Å². The van der Waals surface area contributed by atoms with Gasteiger partial charge < -0.3 is 0 Å². The van der Waals surface area contributed by atoms with E-state index in [1.807, 2.05) is 54.6 Å². The average Bonchev–Trinajstić information content (AvgIpc) is 3.32. The number of benzene rings is 3. The number of hydrogen-bond donors (Lipinski definition) is 0. The van der Waals surface area contributed by atoms with Gasteiger partial charge in [0.05, 0.1) is 9.81 Å². The molecule has 1 aliphatic rings. The normalized spacial score (nSPS) is 12.9. The number of Topliss-reactive ketones (excluding diaryl/α,β-unsaturated/α-hetero) is 1. The lowest BCUT2D eigenvalue weighted by Crippen LogP contribution is -2.02. The van der Waals surface area contributed by atoms with E-state index in [-0.39, 0.29) is 5.78 Å². The lowest BCUT2D eigenvalue weighted by Gasteiger charge is -2.13. The molecule has 1 aliphatic heterocycles. The zero-order valence-corrected chi connectivity index (χ0v) is 18.4. The van der Waals surface area contributed by atoms with Gasteiger partial charge in [-0.05, 0) is 23.6 Å². The highest BCUT2D eigenvalue weighted by molar-refractivity contribution is 8.25. The molecular weight excluding hydrogens is 404 g/mol. The van der Waals surface area contributed by atoms with Gasteiger partial charge in [0, 0.05) is 22.7 Å². The first-order valence-corrected chi connectivity index (χ1v) is 11.9. The van der Waals surface area contributed by atoms with Crippen LogP contribution in [0.4, 0.5) is 0 Å². The molecule has 4 rings (SSSR count). The fourth-order valence-electron chi connectivity index (χ4n) is 3.41. The Bertz CT molecular complexity index is 1070. The molecule has 0 bridgehead atoms. The summed E-state index contributed by atoms with van der Waals surface area (Å²) in [7, 11) is 0. The monoisotopic (exact) mass is 426 g/mol. The first kappa shape index (κ1) is 20.6. The van der Waals surface area contributed by atoms with Gasteiger partial charge in [-0.25, -0.2) is 0 Å². The Balaban J connectivity index is 2.08. The third-order valence-corrected chi connectivity index (χ3v) is 7.51. The number of carbonyl (C=O) groups excluding carboxylic acids is 1. The molecule has 0 aliphatic carbocycles. The Morgan fingerprint density at radius 3 is 1.57 bits per heavy atom. The van der Waals surface area contributed by atoms with Crippen molar-refractivity contribution in [3.8, 4) is 0 Å². The molecule has 3 heteroatoms. The molecule has 0 radical (unpaired) electrons. The lowest BCUT2D eigenvalue weighted by atomic mass is 9.93. The highest BCUT2D eigenvalue weighted by atomic mass is 32.2. The summed E-state index contributed by atoms with van der Waals surface area (Å²) in [4.78, 5) is 12.8. The number of allylic oxidation sites excluding steroid dienone is 2. The Morgan fingerprint density at radius 1 is 0.700 bits per heavy atom. The second-order valence-corrected chi connectivity index (χ2v) is 9.36. The van der Waals surface area contributed by atoms with Crippen LogP contribution in [-0.4, -0.2) is 17.3 Å². The van der Waals surface area contributed by atoms with E-state index in [0.717, 1.165) is 49.2 Å². The molecule has 0 saturated carbocycles. The number of thioether (sulfide) groups is 2. The number of rotatable bonds is 5. The summed E-state index contributed by atoms with van der Waals surface area (Å²) < 4.78 is 1.11. The fourth-order valence-corrected chi connectivity index (χ4v) is 6.06. The number of carbonyl (C=O) groups is 1. The molecule has 3 aromatic carbocycles. The second-order valence-electron chi connectivity index (χ2n) is 6.89. The summed E-state index contributed by atoms with van der Waals surface area (Å²) in [5, 5.41) is 0. The van der Waals surface area contributed by atoms with Gasteiger partial charge in [0.25, 0.3) is 0 Å². The maximum absolute atomic E-state index is 12.8. The largest absolute Gasteiger partial charge is 0.294 e. The minimum Gasteiger partial charge on any atom is -0.294 e. The maximum atomic E-state index is 12.8. The van der Waals surface area contributed by atoms with Crippen LogP contribution in [0.2, 0.25) is 0 Å². The van der Waals surface area contributed by atoms with Crippen LogP contribution in [0, 0.1) is 0 Å². The van der Waals surface area contributed by atoms with Gasteiger partial charge in [-0.2, -0.15) is 0 Å². The van der Waals surface area contributed by atoms with Crippen LogP contribution >= 0.6 is 23.5 Å². The van der Waals surface area contributed by atoms with Crippen molar-refractivity contribution in [1.29, 1.82) is 0 Å². The molecular formula is C27H22OS2. The van der Waals surface area contributed by atoms with E-state index in [4.69, 9.17) is 0 Å². The molecule has 0 N–H and O–H groups in total. The topological polar surface area (TPSA) is 17.1 Å². The summed E-state index contributed by atoms with van der Waals surface area (Å²) in [5.74, 6) is 2.15. The summed E-state index contributed by atoms with van der Waals surface area (Å²) in [6, 6.07) is 30.7. The van der Waals surface area contributed by atoms with Gasteiger partial charge in [-0.15, -0.1) is 29.3 Å². The van der Waals surface area contributed by atoms with Gasteiger partial charge in [0.15, 0.2) is 5.78 Å². The van der Waals surface area contributed by atoms with Gasteiger partial charge in [-0.3, -0.25) is 4.79 Å². The number of ketones is 1. The van der Waals surface area contributed by atoms with Crippen molar-refractivity contribution in [2.45, 2.75) is 6.92 Å². The van der Waals surface area contributed by atoms with Crippen molar-refractivity contribution in [2.24, 2.45) is 0 Å². The van der Waals surface area contributed by atoms with E-state index in [0.29, 0.717) is 0 Å². The first-order chi connectivity index (χ1) is 14.7. The highest BCUT2D eigenvalue weighted by Crippen LogP contribution is 2.43. The minimum absolute atomic E-state index is 0.0822. The van der Waals surface area contributed by atoms with Crippen LogP contribution in [0.5, 0.6) is 0 Å². The SMILES string of the molecule is CC(=O)C(C(=C=C(c1ccccc1)c1ccccc1)c1ccccc1)=C1SCCS1. The molecule has 1 fully saturated rings. The van der Waals surface area contributed by atoms with Crippen LogP contribution in [0.1, 0.15) is 23.6 Å². The van der Waals surface area contributed by atoms with Crippen molar-refractivity contribution in [1.82, 2.24) is 0 Å². The lowest BCUT2D eigenvalue weighted by molar-refractivity contribution is -0.113. The second kappa shape index (κ2) is 9.86. The maximum Gasteiger partial charge on any atom is 0.162 e. The van der Waals surface area contributed by atoms with Crippen molar-refractivity contribution in [2.75, 3.05) is 11.5 Å². The van der Waals surface area contributed by atoms with E-state index < -0.39 is 0 Å². The van der Waals surface area contributed by atoms with E-state index in [9.17, 15) is 4.79 Å². The Morgan fingerprint density at radius 2 is 1.13 bits per heavy atom. The summed E-state index contributed by atoms with van der Waals surface area (Å²) in [6.45, 7) is 1.66. The predicted molar refractivity (Wildman–Crippen MR) is 131 cm³/mol. The van der Waals surface area contributed by atoms with Crippen LogP contribution in [0.15, 0.2) is 107 Å². The molecule has 148 valence electrons. The fraction of sp³-hybridized carbons (Fsp3) is 0.111. The Labute approximate surface area is 186 Å². The van der Waals surface area contributed by atoms with Crippen LogP contribution < -0.4 is 0 Å². The molecule has 1 nitrogen and oxygen atoms in total. The van der Waals surface area contributed by atoms with E-state index in [2.05, 4.69) is 42.1 Å². The first-order valence-electron chi connectivity index (χ1n) is 9.92. The van der Waals surface area contributed by atoms with Crippen LogP contribution in [0.25, 0.3) is 11.1 Å². The van der Waals surface area contributed by atoms with Gasteiger partial charge in [0.2, 0.25) is 0 Å². The van der Waals surface area contributed by atoms with Gasteiger partial charge in [-0.1, -0.05) is 91.0 Å². The van der Waals surface area contributed by atoms with Gasteiger partial charge in [0.1, 0.15) is 0 Å². The standard InChI is InChI=1S/C27H22OS2/c1-20(28)26(27-29-17-18-30-27)25(23-15-9-4-10-16-23)19-24(21-11-5-2-6-12-21)22-13-7-3-8-14-22/h2-16H,17-18H2,1H3. The molecule has 0 aromatic heterocycles. The van der Waals surface area contributed by atoms with Crippen molar-refractivity contribution in [3.63, 3.8) is 0 Å². The smallest absolute Gasteiger partial charge is 0.162 e. The van der Waals surface area contributed by atoms with Crippen LogP contribution in [0.3, 0.4) is 0 Å². The van der Waals surface area contributed by atoms with Crippen molar-refractivity contribution >= 4 is 40.5 Å². The third kappa shape index (κ3) is 4.71. The van der Waals surface area contributed by atoms with Crippen LogP contribution in [-0.2, 0) is 4.79 Å². The molecule has 3 aromatic rings. The number of hydrogen-bond acceptors (Lipinski definition) is 3. The highest BCUT2D eigenvalue weighted by Gasteiger charge is 2.22. The Kier molecular flexibility index (Phi) is 6.76. The quantitative estimate of drug-likeness (QED) is 0.320. The van der Waals surface area contributed by atoms with Crippen molar-refractivity contribution in [3.05, 3.63) is 123 Å². The molecule has 0 unspecified atom stereocenters. The molecule has 0 spiro atoms. The van der Waals surface area contributed by atoms with Crippen molar-refractivity contribution < 1.29 is 4.79 Å². The Hall–Kier alpha value is -2.71. The molecule has 30 heavy (non-hydrogen) atoms. The van der Waals surface area contributed by atoms with E-state index in [1.165, 1.54) is 0 Å². The minimum atomic E-state index is 0.0822. The van der Waals surface area contributed by atoms with Gasteiger partial charge >= 0.3 is 0 Å². The molecule has 1 heterocycles. The average molecular weight is 427 g/mol. The zero-order chi connectivity index (χ0) is 20.8. The summed E-state index contributed by atoms with van der Waals surface area (Å²) >= 11 is 3.54. The molecule has 1 saturated heterocycles. The summed E-state index contributed by atoms with van der Waals surface area (Å²) in [6.07, 6.45) is 0. The van der Waals surface area contributed by atoms with E-state index in [1.54, 1.807) is 30.4 Å². The predicted octanol–water partition coefficient (Wildman–Crippen LogP) is 7.08. The molecule has 0 amide bonds. The summed E-state index contributed by atoms with van der Waals surface area (Å²) in [5.41, 5.74) is 9.48. The zero-order valence-electron chi connectivity index (χ0n) is 16.8. The third-order valence-electron chi connectivity index (χ3n) is 4.79.